The van der Waals surface area contributed by atoms with Gasteiger partial charge in [-0.3, -0.25) is 4.79 Å². The quantitative estimate of drug-likeness (QED) is 0.313. The predicted octanol–water partition coefficient (Wildman–Crippen LogP) is 1.63. The Morgan fingerprint density at radius 3 is 2.08 bits per heavy atom. The maximum absolute atomic E-state index is 12.6. The largest absolute Gasteiger partial charge is 1.00 e. The second-order valence-corrected chi connectivity index (χ2v) is 6.81. The molecule has 0 N–H and O–H groups in total. The summed E-state index contributed by atoms with van der Waals surface area (Å²) in [4.78, 5) is 12.6. The van der Waals surface area contributed by atoms with Gasteiger partial charge in [0.15, 0.2) is 0 Å². The molecule has 0 aliphatic rings. The third kappa shape index (κ3) is 7.10. The Balaban J connectivity index is 0.00000576. The molecule has 0 heterocycles. The highest BCUT2D eigenvalue weighted by atomic mass is 79.9. The number of halogens is 1. The minimum atomic E-state index is -0.154. The zero-order valence-electron chi connectivity index (χ0n) is 16.6. The molecule has 0 aliphatic heterocycles. The summed E-state index contributed by atoms with van der Waals surface area (Å²) in [5, 5.41) is 0. The van der Waals surface area contributed by atoms with E-state index in [4.69, 9.17) is 4.74 Å². The molecule has 0 spiro atoms. The number of benzene rings is 1. The zero-order chi connectivity index (χ0) is 18.0. The van der Waals surface area contributed by atoms with Gasteiger partial charge < -0.3 is 26.2 Å². The van der Waals surface area contributed by atoms with E-state index < -0.39 is 0 Å². The topological polar surface area (TPSA) is 26.3 Å². The first-order valence-corrected chi connectivity index (χ1v) is 9.60. The second-order valence-electron chi connectivity index (χ2n) is 6.81. The lowest BCUT2D eigenvalue weighted by atomic mass is 9.86. The van der Waals surface area contributed by atoms with Crippen molar-refractivity contribution in [1.82, 2.24) is 0 Å². The molecule has 2 unspecified atom stereocenters. The van der Waals surface area contributed by atoms with Crippen molar-refractivity contribution in [2.75, 3.05) is 32.8 Å². The molecule has 144 valence electrons. The number of hydrogen-bond donors (Lipinski definition) is 0. The Labute approximate surface area is 165 Å². The van der Waals surface area contributed by atoms with Crippen molar-refractivity contribution in [1.29, 1.82) is 0 Å². The summed E-state index contributed by atoms with van der Waals surface area (Å²) in [6, 6.07) is 10.0. The lowest BCUT2D eigenvalue weighted by Gasteiger charge is -2.35. The number of carbonyl (C=O) groups excluding carboxylic acids is 1. The summed E-state index contributed by atoms with van der Waals surface area (Å²) in [5.41, 5.74) is 1.07. The van der Waals surface area contributed by atoms with Crippen LogP contribution in [0.3, 0.4) is 0 Å². The van der Waals surface area contributed by atoms with Gasteiger partial charge in [-0.1, -0.05) is 50.6 Å². The molecule has 25 heavy (non-hydrogen) atoms. The van der Waals surface area contributed by atoms with E-state index in [2.05, 4.69) is 34.6 Å². The van der Waals surface area contributed by atoms with Gasteiger partial charge in [0.05, 0.1) is 38.7 Å². The maximum atomic E-state index is 12.6. The summed E-state index contributed by atoms with van der Waals surface area (Å²) in [7, 11) is 0. The van der Waals surface area contributed by atoms with Gasteiger partial charge in [-0.2, -0.15) is 0 Å². The van der Waals surface area contributed by atoms with Crippen LogP contribution in [0.2, 0.25) is 0 Å². The fourth-order valence-electron chi connectivity index (χ4n) is 3.40. The normalized spacial score (nSPS) is 13.6. The first-order valence-electron chi connectivity index (χ1n) is 9.60. The molecule has 0 aliphatic carbocycles. The van der Waals surface area contributed by atoms with E-state index >= 15 is 0 Å². The monoisotopic (exact) mass is 413 g/mol. The molecule has 1 aromatic rings. The molecule has 0 aromatic heterocycles. The molecule has 0 saturated carbocycles. The van der Waals surface area contributed by atoms with Gasteiger partial charge in [0, 0.05) is 6.42 Å². The van der Waals surface area contributed by atoms with Crippen molar-refractivity contribution in [3.8, 4) is 0 Å². The van der Waals surface area contributed by atoms with Crippen molar-refractivity contribution in [3.63, 3.8) is 0 Å². The van der Waals surface area contributed by atoms with Crippen molar-refractivity contribution in [2.24, 2.45) is 5.92 Å². The number of ether oxygens (including phenoxy) is 1. The third-order valence-corrected chi connectivity index (χ3v) is 5.66. The van der Waals surface area contributed by atoms with E-state index in [1.165, 1.54) is 0 Å². The first kappa shape index (κ1) is 24.1. The van der Waals surface area contributed by atoms with E-state index in [0.29, 0.717) is 6.61 Å². The van der Waals surface area contributed by atoms with Crippen LogP contribution in [0.15, 0.2) is 30.3 Å². The van der Waals surface area contributed by atoms with E-state index in [-0.39, 0.29) is 34.8 Å². The number of nitrogens with zero attached hydrogens (tertiary/aromatic N) is 1. The van der Waals surface area contributed by atoms with E-state index in [1.807, 2.05) is 30.3 Å². The van der Waals surface area contributed by atoms with Crippen molar-refractivity contribution >= 4 is 5.97 Å². The molecular weight excluding hydrogens is 378 g/mol. The fourth-order valence-corrected chi connectivity index (χ4v) is 3.40. The molecule has 0 fully saturated rings. The SMILES string of the molecule is CCC(C)C(C(=O)OCCC[N+](CC)(CC)CC)c1ccccc1.[Br-]. The van der Waals surface area contributed by atoms with Crippen LogP contribution in [-0.2, 0) is 9.53 Å². The summed E-state index contributed by atoms with van der Waals surface area (Å²) in [5.74, 6) is 0.0637. The van der Waals surface area contributed by atoms with Crippen LogP contribution in [0.5, 0.6) is 0 Å². The smallest absolute Gasteiger partial charge is 0.313 e. The van der Waals surface area contributed by atoms with Crippen molar-refractivity contribution < 1.29 is 31.0 Å². The predicted molar refractivity (Wildman–Crippen MR) is 101 cm³/mol. The van der Waals surface area contributed by atoms with Crippen LogP contribution < -0.4 is 17.0 Å². The van der Waals surface area contributed by atoms with Crippen LogP contribution in [-0.4, -0.2) is 43.2 Å². The van der Waals surface area contributed by atoms with E-state index in [0.717, 1.165) is 49.1 Å². The molecule has 3 nitrogen and oxygen atoms in total. The van der Waals surface area contributed by atoms with Crippen molar-refractivity contribution in [3.05, 3.63) is 35.9 Å². The zero-order valence-corrected chi connectivity index (χ0v) is 18.2. The minimum absolute atomic E-state index is 0. The molecule has 1 rings (SSSR count). The molecule has 2 atom stereocenters. The fraction of sp³-hybridized carbons (Fsp3) is 0.667. The molecule has 0 amide bonds. The highest BCUT2D eigenvalue weighted by molar-refractivity contribution is 5.78. The number of rotatable bonds is 11. The Kier molecular flexibility index (Phi) is 12.0. The molecule has 4 heteroatoms. The molecular formula is C21H36BrNO2. The Bertz CT molecular complexity index is 466. The minimum Gasteiger partial charge on any atom is -1.00 e. The summed E-state index contributed by atoms with van der Waals surface area (Å²) >= 11 is 0. The van der Waals surface area contributed by atoms with Crippen LogP contribution in [0.4, 0.5) is 0 Å². The highest BCUT2D eigenvalue weighted by Gasteiger charge is 2.27. The van der Waals surface area contributed by atoms with Crippen LogP contribution in [0.1, 0.15) is 58.9 Å². The second kappa shape index (κ2) is 12.5. The van der Waals surface area contributed by atoms with Gasteiger partial charge in [-0.05, 0) is 32.3 Å². The highest BCUT2D eigenvalue weighted by Crippen LogP contribution is 2.28. The summed E-state index contributed by atoms with van der Waals surface area (Å²) < 4.78 is 6.76. The van der Waals surface area contributed by atoms with Gasteiger partial charge in [-0.25, -0.2) is 0 Å². The average Bonchev–Trinajstić information content (AvgIpc) is 2.63. The number of hydrogen-bond acceptors (Lipinski definition) is 2. The van der Waals surface area contributed by atoms with Crippen LogP contribution in [0, 0.1) is 5.92 Å². The summed E-state index contributed by atoms with van der Waals surface area (Å²) in [6.45, 7) is 16.0. The van der Waals surface area contributed by atoms with Crippen molar-refractivity contribution in [2.45, 2.75) is 53.4 Å². The van der Waals surface area contributed by atoms with Gasteiger partial charge in [0.25, 0.3) is 0 Å². The van der Waals surface area contributed by atoms with Gasteiger partial charge >= 0.3 is 5.97 Å². The molecule has 0 saturated heterocycles. The lowest BCUT2D eigenvalue weighted by Crippen LogP contribution is -3.00. The average molecular weight is 414 g/mol. The van der Waals surface area contributed by atoms with Gasteiger partial charge in [0.2, 0.25) is 0 Å². The summed E-state index contributed by atoms with van der Waals surface area (Å²) in [6.07, 6.45) is 1.90. The first-order chi connectivity index (χ1) is 11.5. The van der Waals surface area contributed by atoms with E-state index in [1.54, 1.807) is 0 Å². The van der Waals surface area contributed by atoms with Crippen LogP contribution in [0.25, 0.3) is 0 Å². The number of quaternary nitrogens is 1. The maximum Gasteiger partial charge on any atom is 0.313 e. The van der Waals surface area contributed by atoms with Gasteiger partial charge in [-0.15, -0.1) is 0 Å². The Morgan fingerprint density at radius 1 is 1.04 bits per heavy atom. The molecule has 1 aromatic carbocycles. The van der Waals surface area contributed by atoms with Crippen LogP contribution >= 0.6 is 0 Å². The Hall–Kier alpha value is -0.870. The molecule has 0 bridgehead atoms. The third-order valence-electron chi connectivity index (χ3n) is 5.66. The number of esters is 1. The van der Waals surface area contributed by atoms with E-state index in [9.17, 15) is 4.79 Å². The lowest BCUT2D eigenvalue weighted by molar-refractivity contribution is -0.923. The van der Waals surface area contributed by atoms with Gasteiger partial charge in [0.1, 0.15) is 0 Å². The standard InChI is InChI=1S/C21H36NO2.BrH/c1-6-18(5)20(19-14-11-10-12-15-19)21(23)24-17-13-16-22(7-2,8-3)9-4;/h10-12,14-15,18,20H,6-9,13,16-17H2,1-5H3;1H/q+1;/p-1. The number of carbonyl (C=O) groups is 1. The Morgan fingerprint density at radius 2 is 1.60 bits per heavy atom. The molecule has 0 radical (unpaired) electrons.